The fourth-order valence-electron chi connectivity index (χ4n) is 4.33. The Hall–Kier alpha value is -3.43. The highest BCUT2D eigenvalue weighted by Crippen LogP contribution is 2.30. The van der Waals surface area contributed by atoms with Gasteiger partial charge in [0.15, 0.2) is 10.9 Å². The van der Waals surface area contributed by atoms with Crippen LogP contribution in [0.25, 0.3) is 21.3 Å². The number of Topliss-reactive ketones (excluding diaryl/α,β-unsaturated/α-hetero) is 1. The van der Waals surface area contributed by atoms with Crippen molar-refractivity contribution in [3.05, 3.63) is 60.3 Å². The standard InChI is InChI=1S/C26H29N7OS/c1-17(2)32-6-8-33(9-7-32)25-12-18(4-5-28-25)23(34)13-21-11-19-10-20(14-30-22(19)15-29-21)24-16-31-26(27-3)35-24/h4-5,10-12,14-17H,6-9,13H2,1-3H3,(H,27,31). The van der Waals surface area contributed by atoms with E-state index in [2.05, 4.69) is 55.0 Å². The molecule has 0 saturated carbocycles. The Morgan fingerprint density at radius 2 is 1.86 bits per heavy atom. The highest BCUT2D eigenvalue weighted by Gasteiger charge is 2.20. The van der Waals surface area contributed by atoms with Gasteiger partial charge in [0, 0.05) is 80.1 Å². The Bertz CT molecular complexity index is 1340. The Kier molecular flexibility index (Phi) is 6.70. The van der Waals surface area contributed by atoms with Gasteiger partial charge in [0.05, 0.1) is 23.0 Å². The van der Waals surface area contributed by atoms with Crippen molar-refractivity contribution in [1.82, 2.24) is 24.8 Å². The van der Waals surface area contributed by atoms with Crippen molar-refractivity contribution < 1.29 is 4.79 Å². The van der Waals surface area contributed by atoms with Gasteiger partial charge in [-0.1, -0.05) is 11.3 Å². The lowest BCUT2D eigenvalue weighted by Crippen LogP contribution is -2.49. The highest BCUT2D eigenvalue weighted by molar-refractivity contribution is 7.18. The molecule has 35 heavy (non-hydrogen) atoms. The van der Waals surface area contributed by atoms with Crippen molar-refractivity contribution >= 4 is 39.0 Å². The molecule has 0 radical (unpaired) electrons. The smallest absolute Gasteiger partial charge is 0.182 e. The average molecular weight is 488 g/mol. The van der Waals surface area contributed by atoms with Crippen LogP contribution in [0.4, 0.5) is 10.9 Å². The van der Waals surface area contributed by atoms with Crippen molar-refractivity contribution in [3.63, 3.8) is 0 Å². The molecule has 180 valence electrons. The number of pyridine rings is 3. The van der Waals surface area contributed by atoms with Crippen LogP contribution in [0.1, 0.15) is 29.9 Å². The van der Waals surface area contributed by atoms with Gasteiger partial charge in [0.1, 0.15) is 5.82 Å². The van der Waals surface area contributed by atoms with Crippen molar-refractivity contribution in [2.75, 3.05) is 43.4 Å². The van der Waals surface area contributed by atoms with Gasteiger partial charge in [-0.3, -0.25) is 19.7 Å². The van der Waals surface area contributed by atoms with Crippen LogP contribution in [0.2, 0.25) is 0 Å². The van der Waals surface area contributed by atoms with Crippen LogP contribution < -0.4 is 10.2 Å². The van der Waals surface area contributed by atoms with Crippen molar-refractivity contribution in [2.24, 2.45) is 0 Å². The van der Waals surface area contributed by atoms with Crippen LogP contribution in [-0.2, 0) is 6.42 Å². The summed E-state index contributed by atoms with van der Waals surface area (Å²) in [6.07, 6.45) is 7.38. The summed E-state index contributed by atoms with van der Waals surface area (Å²) in [5.41, 5.74) is 3.19. The first-order valence-corrected chi connectivity index (χ1v) is 12.7. The minimum atomic E-state index is 0.0338. The van der Waals surface area contributed by atoms with Gasteiger partial charge in [0.2, 0.25) is 0 Å². The molecule has 0 amide bonds. The highest BCUT2D eigenvalue weighted by atomic mass is 32.1. The Morgan fingerprint density at radius 3 is 2.60 bits per heavy atom. The van der Waals surface area contributed by atoms with E-state index in [1.165, 1.54) is 0 Å². The first-order valence-electron chi connectivity index (χ1n) is 11.9. The molecule has 4 aromatic heterocycles. The molecule has 9 heteroatoms. The van der Waals surface area contributed by atoms with Crippen molar-refractivity contribution in [1.29, 1.82) is 0 Å². The third-order valence-corrected chi connectivity index (χ3v) is 7.47. The van der Waals surface area contributed by atoms with Gasteiger partial charge in [0.25, 0.3) is 0 Å². The number of ketones is 1. The maximum absolute atomic E-state index is 13.1. The fourth-order valence-corrected chi connectivity index (χ4v) is 5.08. The van der Waals surface area contributed by atoms with Crippen LogP contribution in [-0.4, -0.2) is 69.9 Å². The zero-order chi connectivity index (χ0) is 24.4. The van der Waals surface area contributed by atoms with E-state index in [0.717, 1.165) is 64.2 Å². The van der Waals surface area contributed by atoms with Gasteiger partial charge in [-0.2, -0.15) is 0 Å². The number of anilines is 2. The molecular formula is C26H29N7OS. The number of fused-ring (bicyclic) bond motifs is 1. The molecule has 5 rings (SSSR count). The minimum absolute atomic E-state index is 0.0338. The predicted octanol–water partition coefficient (Wildman–Crippen LogP) is 4.15. The molecule has 0 unspecified atom stereocenters. The zero-order valence-corrected chi connectivity index (χ0v) is 21.0. The molecule has 0 spiro atoms. The van der Waals surface area contributed by atoms with E-state index in [1.54, 1.807) is 29.8 Å². The molecule has 0 aromatic carbocycles. The van der Waals surface area contributed by atoms with E-state index in [-0.39, 0.29) is 12.2 Å². The lowest BCUT2D eigenvalue weighted by molar-refractivity contribution is 0.0992. The first-order chi connectivity index (χ1) is 17.0. The number of rotatable bonds is 7. The number of nitrogens with one attached hydrogen (secondary N) is 1. The second kappa shape index (κ2) is 10.1. The Balaban J connectivity index is 1.31. The van der Waals surface area contributed by atoms with Crippen LogP contribution in [0.5, 0.6) is 0 Å². The fraction of sp³-hybridized carbons (Fsp3) is 0.346. The number of hydrogen-bond acceptors (Lipinski definition) is 9. The van der Waals surface area contributed by atoms with Gasteiger partial charge in [-0.05, 0) is 38.1 Å². The molecule has 1 aliphatic rings. The number of carbonyl (C=O) groups excluding carboxylic acids is 1. The van der Waals surface area contributed by atoms with E-state index in [1.807, 2.05) is 31.6 Å². The average Bonchev–Trinajstić information content (AvgIpc) is 3.38. The molecule has 0 bridgehead atoms. The van der Waals surface area contributed by atoms with E-state index >= 15 is 0 Å². The van der Waals surface area contributed by atoms with E-state index < -0.39 is 0 Å². The topological polar surface area (TPSA) is 87.1 Å². The van der Waals surface area contributed by atoms with Crippen LogP contribution in [0, 0.1) is 0 Å². The SMILES string of the molecule is CNc1ncc(-c2cnc3cnc(CC(=O)c4ccnc(N5CCN(C(C)C)CC5)c4)cc3c2)s1. The number of thiazole rings is 1. The van der Waals surface area contributed by atoms with Crippen LogP contribution >= 0.6 is 11.3 Å². The molecule has 8 nitrogen and oxygen atoms in total. The number of hydrogen-bond donors (Lipinski definition) is 1. The second-order valence-electron chi connectivity index (χ2n) is 8.99. The Labute approximate surface area is 209 Å². The van der Waals surface area contributed by atoms with Gasteiger partial charge in [-0.15, -0.1) is 0 Å². The summed E-state index contributed by atoms with van der Waals surface area (Å²) < 4.78 is 0. The van der Waals surface area contributed by atoms with Gasteiger partial charge in [-0.25, -0.2) is 9.97 Å². The lowest BCUT2D eigenvalue weighted by Gasteiger charge is -2.37. The summed E-state index contributed by atoms with van der Waals surface area (Å²) >= 11 is 1.58. The maximum atomic E-state index is 13.1. The number of carbonyl (C=O) groups is 1. The van der Waals surface area contributed by atoms with E-state index in [9.17, 15) is 4.79 Å². The number of aromatic nitrogens is 4. The quantitative estimate of drug-likeness (QED) is 0.389. The molecule has 0 aliphatic carbocycles. The minimum Gasteiger partial charge on any atom is -0.365 e. The summed E-state index contributed by atoms with van der Waals surface area (Å²) in [6.45, 7) is 8.30. The van der Waals surface area contributed by atoms with E-state index in [4.69, 9.17) is 0 Å². The monoisotopic (exact) mass is 487 g/mol. The van der Waals surface area contributed by atoms with Gasteiger partial charge < -0.3 is 10.2 Å². The zero-order valence-electron chi connectivity index (χ0n) is 20.2. The Morgan fingerprint density at radius 1 is 1.03 bits per heavy atom. The van der Waals surface area contributed by atoms with Crippen molar-refractivity contribution in [3.8, 4) is 10.4 Å². The summed E-state index contributed by atoms with van der Waals surface area (Å²) in [6, 6.07) is 8.28. The molecule has 1 fully saturated rings. The first kappa shape index (κ1) is 23.3. The normalized spacial score (nSPS) is 14.6. The molecule has 5 heterocycles. The van der Waals surface area contributed by atoms with Crippen LogP contribution in [0.3, 0.4) is 0 Å². The third-order valence-electron chi connectivity index (χ3n) is 6.41. The largest absolute Gasteiger partial charge is 0.365 e. The summed E-state index contributed by atoms with van der Waals surface area (Å²) in [4.78, 5) is 36.8. The molecule has 0 atom stereocenters. The van der Waals surface area contributed by atoms with Crippen LogP contribution in [0.15, 0.2) is 49.1 Å². The second-order valence-corrected chi connectivity index (χ2v) is 10.0. The molecule has 1 N–H and O–H groups in total. The lowest BCUT2D eigenvalue weighted by atomic mass is 10.1. The summed E-state index contributed by atoms with van der Waals surface area (Å²) in [5, 5.41) is 4.88. The van der Waals surface area contributed by atoms with Gasteiger partial charge >= 0.3 is 0 Å². The molecule has 1 aliphatic heterocycles. The predicted molar refractivity (Wildman–Crippen MR) is 141 cm³/mol. The summed E-state index contributed by atoms with van der Waals surface area (Å²) in [5.74, 6) is 0.900. The molecular weight excluding hydrogens is 458 g/mol. The third kappa shape index (κ3) is 5.16. The summed E-state index contributed by atoms with van der Waals surface area (Å²) in [7, 11) is 1.86. The molecule has 1 saturated heterocycles. The maximum Gasteiger partial charge on any atom is 0.182 e. The van der Waals surface area contributed by atoms with Crippen molar-refractivity contribution in [2.45, 2.75) is 26.3 Å². The number of piperazine rings is 1. The van der Waals surface area contributed by atoms with E-state index in [0.29, 0.717) is 11.6 Å². The molecule has 4 aromatic rings. The number of nitrogens with zero attached hydrogens (tertiary/aromatic N) is 6.